The molecule has 1 saturated carbocycles. The zero-order valence-electron chi connectivity index (χ0n) is 9.83. The standard InChI is InChI=1S/C14H19NO/c1-2-6-16-13-5-3-4-11(7-13)14-8-12(14)9-15-10-14/h3-5,7,12,15H,2,6,8-10H2,1H3. The first kappa shape index (κ1) is 10.2. The Hall–Kier alpha value is -1.02. The van der Waals surface area contributed by atoms with Crippen molar-refractivity contribution in [3.63, 3.8) is 0 Å². The second-order valence-corrected chi connectivity index (χ2v) is 5.06. The molecule has 1 saturated heterocycles. The van der Waals surface area contributed by atoms with Crippen LogP contribution in [0.3, 0.4) is 0 Å². The molecule has 1 N–H and O–H groups in total. The molecular formula is C14H19NO. The fraction of sp³-hybridized carbons (Fsp3) is 0.571. The van der Waals surface area contributed by atoms with E-state index in [1.54, 1.807) is 0 Å². The molecule has 0 spiro atoms. The van der Waals surface area contributed by atoms with Gasteiger partial charge in [-0.2, -0.15) is 0 Å². The van der Waals surface area contributed by atoms with Gasteiger partial charge in [0.15, 0.2) is 0 Å². The van der Waals surface area contributed by atoms with Crippen LogP contribution < -0.4 is 10.1 Å². The molecule has 0 bridgehead atoms. The van der Waals surface area contributed by atoms with Gasteiger partial charge >= 0.3 is 0 Å². The average molecular weight is 217 g/mol. The van der Waals surface area contributed by atoms with Crippen LogP contribution in [-0.4, -0.2) is 19.7 Å². The molecule has 1 aromatic carbocycles. The van der Waals surface area contributed by atoms with Gasteiger partial charge in [0, 0.05) is 12.0 Å². The van der Waals surface area contributed by atoms with Gasteiger partial charge in [-0.15, -0.1) is 0 Å². The lowest BCUT2D eigenvalue weighted by Crippen LogP contribution is -2.19. The monoisotopic (exact) mass is 217 g/mol. The van der Waals surface area contributed by atoms with E-state index in [1.807, 2.05) is 0 Å². The molecule has 2 atom stereocenters. The largest absolute Gasteiger partial charge is 0.494 e. The van der Waals surface area contributed by atoms with Crippen LogP contribution >= 0.6 is 0 Å². The van der Waals surface area contributed by atoms with Gasteiger partial charge in [-0.3, -0.25) is 0 Å². The predicted octanol–water partition coefficient (Wildman–Crippen LogP) is 2.34. The number of nitrogens with one attached hydrogen (secondary N) is 1. The maximum absolute atomic E-state index is 5.70. The van der Waals surface area contributed by atoms with Crippen LogP contribution in [0.2, 0.25) is 0 Å². The van der Waals surface area contributed by atoms with E-state index < -0.39 is 0 Å². The first-order chi connectivity index (χ1) is 7.85. The van der Waals surface area contributed by atoms with E-state index in [4.69, 9.17) is 4.74 Å². The Morgan fingerprint density at radius 2 is 2.44 bits per heavy atom. The minimum atomic E-state index is 0.450. The quantitative estimate of drug-likeness (QED) is 0.836. The van der Waals surface area contributed by atoms with E-state index in [1.165, 1.54) is 18.5 Å². The first-order valence-electron chi connectivity index (χ1n) is 6.29. The van der Waals surface area contributed by atoms with E-state index in [2.05, 4.69) is 36.5 Å². The lowest BCUT2D eigenvalue weighted by Gasteiger charge is -2.14. The summed E-state index contributed by atoms with van der Waals surface area (Å²) in [6.45, 7) is 5.30. The second-order valence-electron chi connectivity index (χ2n) is 5.06. The van der Waals surface area contributed by atoms with Crippen molar-refractivity contribution in [2.24, 2.45) is 5.92 Å². The van der Waals surface area contributed by atoms with Gasteiger partial charge in [0.1, 0.15) is 5.75 Å². The molecule has 16 heavy (non-hydrogen) atoms. The van der Waals surface area contributed by atoms with Crippen molar-refractivity contribution in [2.45, 2.75) is 25.2 Å². The highest BCUT2D eigenvalue weighted by Crippen LogP contribution is 2.56. The number of fused-ring (bicyclic) bond motifs is 1. The molecule has 86 valence electrons. The molecule has 1 aliphatic carbocycles. The molecular weight excluding hydrogens is 198 g/mol. The van der Waals surface area contributed by atoms with Gasteiger partial charge in [-0.05, 0) is 43.0 Å². The van der Waals surface area contributed by atoms with Crippen LogP contribution in [0.1, 0.15) is 25.3 Å². The zero-order valence-corrected chi connectivity index (χ0v) is 9.83. The summed E-state index contributed by atoms with van der Waals surface area (Å²) in [5, 5.41) is 3.48. The van der Waals surface area contributed by atoms with Gasteiger partial charge in [0.2, 0.25) is 0 Å². The minimum Gasteiger partial charge on any atom is -0.494 e. The van der Waals surface area contributed by atoms with Crippen molar-refractivity contribution >= 4 is 0 Å². The number of ether oxygens (including phenoxy) is 1. The molecule has 3 rings (SSSR count). The summed E-state index contributed by atoms with van der Waals surface area (Å²) in [4.78, 5) is 0. The summed E-state index contributed by atoms with van der Waals surface area (Å²) >= 11 is 0. The maximum Gasteiger partial charge on any atom is 0.119 e. The molecule has 2 aliphatic rings. The third-order valence-corrected chi connectivity index (χ3v) is 3.94. The highest BCUT2D eigenvalue weighted by Gasteiger charge is 2.57. The van der Waals surface area contributed by atoms with Crippen molar-refractivity contribution in [3.05, 3.63) is 29.8 Å². The number of hydrogen-bond donors (Lipinski definition) is 1. The normalized spacial score (nSPS) is 31.2. The van der Waals surface area contributed by atoms with Crippen LogP contribution in [0.15, 0.2) is 24.3 Å². The number of rotatable bonds is 4. The van der Waals surface area contributed by atoms with E-state index >= 15 is 0 Å². The van der Waals surface area contributed by atoms with Crippen molar-refractivity contribution in [3.8, 4) is 5.75 Å². The van der Waals surface area contributed by atoms with Crippen LogP contribution in [-0.2, 0) is 5.41 Å². The minimum absolute atomic E-state index is 0.450. The Balaban J connectivity index is 1.80. The van der Waals surface area contributed by atoms with Gasteiger partial charge < -0.3 is 10.1 Å². The second kappa shape index (κ2) is 3.77. The number of piperidine rings is 1. The van der Waals surface area contributed by atoms with Crippen molar-refractivity contribution in [2.75, 3.05) is 19.7 Å². The van der Waals surface area contributed by atoms with E-state index in [9.17, 15) is 0 Å². The first-order valence-corrected chi connectivity index (χ1v) is 6.29. The molecule has 1 aliphatic heterocycles. The predicted molar refractivity (Wildman–Crippen MR) is 64.9 cm³/mol. The molecule has 2 unspecified atom stereocenters. The van der Waals surface area contributed by atoms with Crippen LogP contribution in [0.25, 0.3) is 0 Å². The van der Waals surface area contributed by atoms with Gasteiger partial charge in [0.25, 0.3) is 0 Å². The van der Waals surface area contributed by atoms with Crippen LogP contribution in [0.4, 0.5) is 0 Å². The third kappa shape index (κ3) is 1.52. The SMILES string of the molecule is CCCOc1cccc(C23CNCC2C3)c1. The highest BCUT2D eigenvalue weighted by molar-refractivity contribution is 5.41. The zero-order chi connectivity index (χ0) is 11.0. The molecule has 0 aromatic heterocycles. The van der Waals surface area contributed by atoms with Crippen molar-refractivity contribution in [1.82, 2.24) is 5.32 Å². The summed E-state index contributed by atoms with van der Waals surface area (Å²) in [6.07, 6.45) is 2.43. The maximum atomic E-state index is 5.70. The van der Waals surface area contributed by atoms with Gasteiger partial charge in [-0.1, -0.05) is 19.1 Å². The molecule has 2 fully saturated rings. The Morgan fingerprint density at radius 3 is 3.12 bits per heavy atom. The van der Waals surface area contributed by atoms with Gasteiger partial charge in [0.05, 0.1) is 6.61 Å². The molecule has 1 heterocycles. The molecule has 0 amide bonds. The fourth-order valence-corrected chi connectivity index (χ4v) is 2.91. The van der Waals surface area contributed by atoms with Crippen molar-refractivity contribution in [1.29, 1.82) is 0 Å². The lowest BCUT2D eigenvalue weighted by atomic mass is 9.95. The molecule has 1 aromatic rings. The summed E-state index contributed by atoms with van der Waals surface area (Å²) in [7, 11) is 0. The Kier molecular flexibility index (Phi) is 2.40. The Morgan fingerprint density at radius 1 is 1.50 bits per heavy atom. The summed E-state index contributed by atoms with van der Waals surface area (Å²) in [5.74, 6) is 1.90. The summed E-state index contributed by atoms with van der Waals surface area (Å²) in [6, 6.07) is 8.69. The fourth-order valence-electron chi connectivity index (χ4n) is 2.91. The molecule has 2 nitrogen and oxygen atoms in total. The van der Waals surface area contributed by atoms with E-state index in [0.717, 1.165) is 31.2 Å². The van der Waals surface area contributed by atoms with E-state index in [0.29, 0.717) is 5.41 Å². The third-order valence-electron chi connectivity index (χ3n) is 3.94. The number of benzene rings is 1. The van der Waals surface area contributed by atoms with Gasteiger partial charge in [-0.25, -0.2) is 0 Å². The van der Waals surface area contributed by atoms with E-state index in [-0.39, 0.29) is 0 Å². The molecule has 0 radical (unpaired) electrons. The Labute approximate surface area is 97.0 Å². The number of hydrogen-bond acceptors (Lipinski definition) is 2. The van der Waals surface area contributed by atoms with Crippen LogP contribution in [0.5, 0.6) is 5.75 Å². The lowest BCUT2D eigenvalue weighted by molar-refractivity contribution is 0.317. The smallest absolute Gasteiger partial charge is 0.119 e. The summed E-state index contributed by atoms with van der Waals surface area (Å²) in [5.41, 5.74) is 1.92. The molecule has 2 heteroatoms. The highest BCUT2D eigenvalue weighted by atomic mass is 16.5. The van der Waals surface area contributed by atoms with Crippen LogP contribution in [0, 0.1) is 5.92 Å². The topological polar surface area (TPSA) is 21.3 Å². The average Bonchev–Trinajstić information content (AvgIpc) is 2.90. The Bertz CT molecular complexity index is 390. The summed E-state index contributed by atoms with van der Waals surface area (Å²) < 4.78 is 5.70. The van der Waals surface area contributed by atoms with Crippen molar-refractivity contribution < 1.29 is 4.74 Å².